The lowest BCUT2D eigenvalue weighted by Gasteiger charge is -2.17. The molecule has 2 heterocycles. The second-order valence-electron chi connectivity index (χ2n) is 6.00. The fourth-order valence-electron chi connectivity index (χ4n) is 2.61. The van der Waals surface area contributed by atoms with Gasteiger partial charge >= 0.3 is 0 Å². The van der Waals surface area contributed by atoms with E-state index >= 15 is 0 Å². The van der Waals surface area contributed by atoms with Crippen LogP contribution in [0.25, 0.3) is 10.9 Å². The lowest BCUT2D eigenvalue weighted by molar-refractivity contribution is 0.0793. The molecule has 1 aromatic carbocycles. The predicted octanol–water partition coefficient (Wildman–Crippen LogP) is 1.21. The van der Waals surface area contributed by atoms with E-state index in [4.69, 9.17) is 0 Å². The number of hydrogen-bond donors (Lipinski definition) is 2. The van der Waals surface area contributed by atoms with Gasteiger partial charge in [-0.25, -0.2) is 4.98 Å². The van der Waals surface area contributed by atoms with Gasteiger partial charge in [-0.1, -0.05) is 12.1 Å². The van der Waals surface area contributed by atoms with E-state index in [-0.39, 0.29) is 17.3 Å². The third kappa shape index (κ3) is 4.35. The minimum atomic E-state index is -0.457. The number of carbonyl (C=O) groups excluding carboxylic acids is 2. The average molecular weight is 365 g/mol. The van der Waals surface area contributed by atoms with E-state index in [0.717, 1.165) is 0 Å². The molecule has 0 aliphatic rings. The number of fused-ring (bicyclic) bond motifs is 1. The van der Waals surface area contributed by atoms with E-state index in [1.165, 1.54) is 0 Å². The molecule has 3 rings (SSSR count). The van der Waals surface area contributed by atoms with Crippen molar-refractivity contribution in [3.63, 3.8) is 0 Å². The maximum atomic E-state index is 12.2. The highest BCUT2D eigenvalue weighted by Crippen LogP contribution is 2.05. The van der Waals surface area contributed by atoms with Gasteiger partial charge < -0.3 is 15.2 Å². The van der Waals surface area contributed by atoms with Crippen LogP contribution in [0.15, 0.2) is 53.6 Å². The molecular formula is C19H19N5O3. The number of para-hydroxylation sites is 1. The second kappa shape index (κ2) is 8.22. The van der Waals surface area contributed by atoms with Crippen LogP contribution in [0.3, 0.4) is 0 Å². The fourth-order valence-corrected chi connectivity index (χ4v) is 2.61. The SMILES string of the molecule is CN(CCCNC(=O)c1nc2ccccc2c(=O)[nH]1)C(=O)c1ccncc1. The van der Waals surface area contributed by atoms with E-state index in [9.17, 15) is 14.4 Å². The van der Waals surface area contributed by atoms with E-state index < -0.39 is 5.91 Å². The summed E-state index contributed by atoms with van der Waals surface area (Å²) in [7, 11) is 1.70. The molecule has 0 saturated carbocycles. The summed E-state index contributed by atoms with van der Waals surface area (Å²) in [5.74, 6) is -0.592. The first-order valence-corrected chi connectivity index (χ1v) is 8.49. The molecule has 0 atom stereocenters. The van der Waals surface area contributed by atoms with E-state index in [2.05, 4.69) is 20.3 Å². The summed E-state index contributed by atoms with van der Waals surface area (Å²) < 4.78 is 0. The summed E-state index contributed by atoms with van der Waals surface area (Å²) in [5, 5.41) is 3.14. The van der Waals surface area contributed by atoms with E-state index in [1.807, 2.05) is 0 Å². The molecule has 8 nitrogen and oxygen atoms in total. The Balaban J connectivity index is 1.53. The Labute approximate surface area is 155 Å². The highest BCUT2D eigenvalue weighted by molar-refractivity contribution is 5.94. The smallest absolute Gasteiger partial charge is 0.287 e. The highest BCUT2D eigenvalue weighted by atomic mass is 16.2. The van der Waals surface area contributed by atoms with Crippen LogP contribution in [0.4, 0.5) is 0 Å². The summed E-state index contributed by atoms with van der Waals surface area (Å²) in [6.45, 7) is 0.826. The molecule has 0 aliphatic carbocycles. The molecule has 0 radical (unpaired) electrons. The molecule has 3 aromatic rings. The molecule has 8 heteroatoms. The second-order valence-corrected chi connectivity index (χ2v) is 6.00. The van der Waals surface area contributed by atoms with Crippen LogP contribution in [0.5, 0.6) is 0 Å². The average Bonchev–Trinajstić information content (AvgIpc) is 2.71. The Morgan fingerprint density at radius 1 is 1.15 bits per heavy atom. The Hall–Kier alpha value is -3.55. The molecule has 2 N–H and O–H groups in total. The molecule has 2 amide bonds. The van der Waals surface area contributed by atoms with Crippen LogP contribution in [0, 0.1) is 0 Å². The number of pyridine rings is 1. The Bertz CT molecular complexity index is 1020. The molecule has 0 unspecified atom stereocenters. The van der Waals surface area contributed by atoms with E-state index in [1.54, 1.807) is 60.7 Å². The number of aromatic amines is 1. The number of benzene rings is 1. The van der Waals surface area contributed by atoms with Gasteiger partial charge in [0.15, 0.2) is 5.82 Å². The standard InChI is InChI=1S/C19H19N5O3/c1-24(19(27)13-7-10-20-11-8-13)12-4-9-21-18(26)16-22-15-6-3-2-5-14(15)17(25)23-16/h2-3,5-8,10-11H,4,9,12H2,1H3,(H,21,26)(H,22,23,25). The van der Waals surface area contributed by atoms with Gasteiger partial charge in [-0.3, -0.25) is 19.4 Å². The summed E-state index contributed by atoms with van der Waals surface area (Å²) in [6.07, 6.45) is 3.70. The van der Waals surface area contributed by atoms with Gasteiger partial charge in [-0.15, -0.1) is 0 Å². The van der Waals surface area contributed by atoms with E-state index in [0.29, 0.717) is 36.0 Å². The summed E-state index contributed by atoms with van der Waals surface area (Å²) in [4.78, 5) is 48.6. The molecule has 0 saturated heterocycles. The molecular weight excluding hydrogens is 346 g/mol. The van der Waals surface area contributed by atoms with Gasteiger partial charge in [0.05, 0.1) is 10.9 Å². The Kier molecular flexibility index (Phi) is 5.55. The minimum absolute atomic E-state index is 0.0279. The first-order valence-electron chi connectivity index (χ1n) is 8.49. The predicted molar refractivity (Wildman–Crippen MR) is 101 cm³/mol. The number of aromatic nitrogens is 3. The summed E-state index contributed by atoms with van der Waals surface area (Å²) in [5.41, 5.74) is 0.678. The van der Waals surface area contributed by atoms with Gasteiger partial charge in [0.1, 0.15) is 0 Å². The van der Waals surface area contributed by atoms with Crippen molar-refractivity contribution in [2.45, 2.75) is 6.42 Å². The van der Waals surface area contributed by atoms with Crippen molar-refractivity contribution in [1.82, 2.24) is 25.2 Å². The number of amides is 2. The number of H-pyrrole nitrogens is 1. The van der Waals surface area contributed by atoms with Crippen LogP contribution in [0.2, 0.25) is 0 Å². The topological polar surface area (TPSA) is 108 Å². The lowest BCUT2D eigenvalue weighted by atomic mass is 10.2. The minimum Gasteiger partial charge on any atom is -0.349 e. The van der Waals surface area contributed by atoms with Crippen LogP contribution in [-0.4, -0.2) is 51.8 Å². The van der Waals surface area contributed by atoms with Crippen molar-refractivity contribution >= 4 is 22.7 Å². The molecule has 138 valence electrons. The van der Waals surface area contributed by atoms with Crippen molar-refractivity contribution in [2.75, 3.05) is 20.1 Å². The maximum absolute atomic E-state index is 12.2. The third-order valence-corrected chi connectivity index (χ3v) is 4.06. The Morgan fingerprint density at radius 2 is 1.89 bits per heavy atom. The van der Waals surface area contributed by atoms with Gasteiger partial charge in [-0.05, 0) is 30.7 Å². The van der Waals surface area contributed by atoms with Gasteiger partial charge in [0, 0.05) is 38.1 Å². The summed E-state index contributed by atoms with van der Waals surface area (Å²) in [6, 6.07) is 10.1. The first kappa shape index (κ1) is 18.2. The number of nitrogens with zero attached hydrogens (tertiary/aromatic N) is 3. The molecule has 27 heavy (non-hydrogen) atoms. The number of hydrogen-bond acceptors (Lipinski definition) is 5. The maximum Gasteiger partial charge on any atom is 0.287 e. The zero-order valence-electron chi connectivity index (χ0n) is 14.8. The van der Waals surface area contributed by atoms with Crippen LogP contribution >= 0.6 is 0 Å². The normalized spacial score (nSPS) is 10.6. The van der Waals surface area contributed by atoms with Crippen molar-refractivity contribution in [3.8, 4) is 0 Å². The molecule has 0 fully saturated rings. The molecule has 0 spiro atoms. The Morgan fingerprint density at radius 3 is 2.67 bits per heavy atom. The largest absolute Gasteiger partial charge is 0.349 e. The highest BCUT2D eigenvalue weighted by Gasteiger charge is 2.13. The number of rotatable bonds is 6. The third-order valence-electron chi connectivity index (χ3n) is 4.06. The van der Waals surface area contributed by atoms with Crippen molar-refractivity contribution in [1.29, 1.82) is 0 Å². The lowest BCUT2D eigenvalue weighted by Crippen LogP contribution is -2.32. The zero-order chi connectivity index (χ0) is 19.2. The van der Waals surface area contributed by atoms with Crippen LogP contribution in [0.1, 0.15) is 27.4 Å². The van der Waals surface area contributed by atoms with Gasteiger partial charge in [0.2, 0.25) is 0 Å². The first-order chi connectivity index (χ1) is 13.1. The van der Waals surface area contributed by atoms with Crippen molar-refractivity contribution < 1.29 is 9.59 Å². The molecule has 0 bridgehead atoms. The zero-order valence-corrected chi connectivity index (χ0v) is 14.8. The van der Waals surface area contributed by atoms with Crippen molar-refractivity contribution in [3.05, 3.63) is 70.5 Å². The monoisotopic (exact) mass is 365 g/mol. The molecule has 0 aliphatic heterocycles. The van der Waals surface area contributed by atoms with Gasteiger partial charge in [0.25, 0.3) is 17.4 Å². The number of nitrogens with one attached hydrogen (secondary N) is 2. The van der Waals surface area contributed by atoms with Crippen LogP contribution in [-0.2, 0) is 0 Å². The van der Waals surface area contributed by atoms with Gasteiger partial charge in [-0.2, -0.15) is 0 Å². The quantitative estimate of drug-likeness (QED) is 0.639. The van der Waals surface area contributed by atoms with Crippen LogP contribution < -0.4 is 10.9 Å². The molecule has 2 aromatic heterocycles. The van der Waals surface area contributed by atoms with Crippen molar-refractivity contribution in [2.24, 2.45) is 0 Å². The fraction of sp³-hybridized carbons (Fsp3) is 0.211. The summed E-state index contributed by atoms with van der Waals surface area (Å²) >= 11 is 0. The number of carbonyl (C=O) groups is 2.